The normalized spacial score (nSPS) is 10.6. The van der Waals surface area contributed by atoms with Crippen LogP contribution in [0.3, 0.4) is 0 Å². The third kappa shape index (κ3) is 2.53. The molecule has 0 fully saturated rings. The van der Waals surface area contributed by atoms with Gasteiger partial charge in [0.2, 0.25) is 0 Å². The van der Waals surface area contributed by atoms with Crippen molar-refractivity contribution in [3.8, 4) is 5.75 Å². The zero-order valence-corrected chi connectivity index (χ0v) is 11.6. The summed E-state index contributed by atoms with van der Waals surface area (Å²) in [4.78, 5) is 4.56. The van der Waals surface area contributed by atoms with Gasteiger partial charge in [-0.2, -0.15) is 0 Å². The average Bonchev–Trinajstić information content (AvgIpc) is 2.79. The number of fused-ring (bicyclic) bond motifs is 1. The first-order chi connectivity index (χ1) is 9.24. The van der Waals surface area contributed by atoms with Gasteiger partial charge < -0.3 is 10.1 Å². The summed E-state index contributed by atoms with van der Waals surface area (Å²) in [6.07, 6.45) is 0. The fourth-order valence-corrected chi connectivity index (χ4v) is 2.85. The fourth-order valence-electron chi connectivity index (χ4n) is 1.93. The number of nitrogens with one attached hydrogen (secondary N) is 1. The lowest BCUT2D eigenvalue weighted by Crippen LogP contribution is -1.88. The topological polar surface area (TPSA) is 34.1 Å². The Bertz CT molecular complexity index is 721. The molecule has 0 unspecified atom stereocenters. The van der Waals surface area contributed by atoms with Crippen molar-refractivity contribution in [2.75, 3.05) is 12.4 Å². The van der Waals surface area contributed by atoms with Crippen LogP contribution in [0.15, 0.2) is 42.5 Å². The van der Waals surface area contributed by atoms with E-state index in [0.29, 0.717) is 0 Å². The summed E-state index contributed by atoms with van der Waals surface area (Å²) in [5.74, 6) is 0.859. The van der Waals surface area contributed by atoms with E-state index in [4.69, 9.17) is 4.74 Å². The van der Waals surface area contributed by atoms with Crippen LogP contribution in [-0.2, 0) is 0 Å². The van der Waals surface area contributed by atoms with Gasteiger partial charge in [-0.05, 0) is 42.8 Å². The molecule has 1 aromatic heterocycles. The second kappa shape index (κ2) is 4.90. The summed E-state index contributed by atoms with van der Waals surface area (Å²) in [5.41, 5.74) is 3.28. The first-order valence-electron chi connectivity index (χ1n) is 6.03. The van der Waals surface area contributed by atoms with Gasteiger partial charge in [0.25, 0.3) is 0 Å². The van der Waals surface area contributed by atoms with E-state index in [2.05, 4.69) is 29.4 Å². The summed E-state index contributed by atoms with van der Waals surface area (Å²) < 4.78 is 6.34. The Kier molecular flexibility index (Phi) is 3.09. The molecule has 0 saturated carbocycles. The highest BCUT2D eigenvalue weighted by Gasteiger charge is 2.05. The lowest BCUT2D eigenvalue weighted by atomic mass is 10.2. The summed E-state index contributed by atoms with van der Waals surface area (Å²) >= 11 is 1.63. The number of aryl methyl sites for hydroxylation is 1. The maximum absolute atomic E-state index is 5.22. The average molecular weight is 270 g/mol. The number of thiazole rings is 1. The number of methoxy groups -OCH3 is 1. The van der Waals surface area contributed by atoms with Crippen molar-refractivity contribution in [1.82, 2.24) is 4.98 Å². The monoisotopic (exact) mass is 270 g/mol. The van der Waals surface area contributed by atoms with E-state index < -0.39 is 0 Å². The predicted molar refractivity (Wildman–Crippen MR) is 80.6 cm³/mol. The van der Waals surface area contributed by atoms with Crippen LogP contribution in [-0.4, -0.2) is 12.1 Å². The van der Waals surface area contributed by atoms with Crippen molar-refractivity contribution in [3.63, 3.8) is 0 Å². The molecule has 96 valence electrons. The molecule has 0 amide bonds. The lowest BCUT2D eigenvalue weighted by molar-refractivity contribution is 0.415. The number of benzene rings is 2. The fraction of sp³-hybridized carbons (Fsp3) is 0.133. The second-order valence-electron chi connectivity index (χ2n) is 4.35. The van der Waals surface area contributed by atoms with Crippen molar-refractivity contribution in [1.29, 1.82) is 0 Å². The van der Waals surface area contributed by atoms with Gasteiger partial charge in [0.1, 0.15) is 5.75 Å². The van der Waals surface area contributed by atoms with Crippen LogP contribution in [0.25, 0.3) is 10.2 Å². The van der Waals surface area contributed by atoms with Crippen LogP contribution in [0.4, 0.5) is 10.8 Å². The quantitative estimate of drug-likeness (QED) is 0.768. The van der Waals surface area contributed by atoms with Crippen molar-refractivity contribution >= 4 is 32.4 Å². The molecule has 3 nitrogen and oxygen atoms in total. The van der Waals surface area contributed by atoms with E-state index >= 15 is 0 Å². The number of ether oxygens (including phenoxy) is 1. The number of aromatic nitrogens is 1. The second-order valence-corrected chi connectivity index (χ2v) is 5.38. The molecule has 0 bridgehead atoms. The molecule has 0 saturated heterocycles. The van der Waals surface area contributed by atoms with Gasteiger partial charge in [-0.3, -0.25) is 0 Å². The van der Waals surface area contributed by atoms with Crippen LogP contribution in [0.2, 0.25) is 0 Å². The molecule has 0 atom stereocenters. The molecule has 2 aromatic carbocycles. The lowest BCUT2D eigenvalue weighted by Gasteiger charge is -2.02. The van der Waals surface area contributed by atoms with Crippen molar-refractivity contribution < 1.29 is 4.74 Å². The Balaban J connectivity index is 1.93. The van der Waals surface area contributed by atoms with Gasteiger partial charge in [0.15, 0.2) is 5.13 Å². The van der Waals surface area contributed by atoms with Gasteiger partial charge in [0, 0.05) is 5.69 Å². The highest BCUT2D eigenvalue weighted by atomic mass is 32.1. The van der Waals surface area contributed by atoms with E-state index in [0.717, 1.165) is 26.8 Å². The number of nitrogens with zero attached hydrogens (tertiary/aromatic N) is 1. The Morgan fingerprint density at radius 1 is 1.16 bits per heavy atom. The van der Waals surface area contributed by atoms with E-state index in [1.807, 2.05) is 30.3 Å². The molecule has 4 heteroatoms. The van der Waals surface area contributed by atoms with Crippen molar-refractivity contribution in [2.45, 2.75) is 6.92 Å². The van der Waals surface area contributed by atoms with Crippen LogP contribution in [0.5, 0.6) is 5.75 Å². The molecule has 1 N–H and O–H groups in total. The standard InChI is InChI=1S/C15H14N2OS/c1-10-4-3-5-11(8-10)16-15-17-13-7-6-12(18-2)9-14(13)19-15/h3-9H,1-2H3,(H,16,17). The maximum Gasteiger partial charge on any atom is 0.188 e. The first-order valence-corrected chi connectivity index (χ1v) is 6.84. The molecular weight excluding hydrogens is 256 g/mol. The van der Waals surface area contributed by atoms with Crippen LogP contribution >= 0.6 is 11.3 Å². The van der Waals surface area contributed by atoms with E-state index in [1.165, 1.54) is 5.56 Å². The summed E-state index contributed by atoms with van der Waals surface area (Å²) in [5, 5.41) is 4.24. The minimum atomic E-state index is 0.859. The molecule has 0 aliphatic heterocycles. The number of rotatable bonds is 3. The van der Waals surface area contributed by atoms with Gasteiger partial charge >= 0.3 is 0 Å². The SMILES string of the molecule is COc1ccc2nc(Nc3cccc(C)c3)sc2c1. The molecular formula is C15H14N2OS. The summed E-state index contributed by atoms with van der Waals surface area (Å²) in [7, 11) is 1.67. The zero-order chi connectivity index (χ0) is 13.2. The highest BCUT2D eigenvalue weighted by molar-refractivity contribution is 7.22. The predicted octanol–water partition coefficient (Wildman–Crippen LogP) is 4.36. The van der Waals surface area contributed by atoms with E-state index in [9.17, 15) is 0 Å². The van der Waals surface area contributed by atoms with Crippen LogP contribution < -0.4 is 10.1 Å². The molecule has 0 spiro atoms. The first kappa shape index (κ1) is 12.0. The molecule has 0 radical (unpaired) electrons. The van der Waals surface area contributed by atoms with E-state index in [1.54, 1.807) is 18.4 Å². The summed E-state index contributed by atoms with van der Waals surface area (Å²) in [6, 6.07) is 14.2. The Hall–Kier alpha value is -2.07. The number of hydrogen-bond acceptors (Lipinski definition) is 4. The molecule has 0 aliphatic rings. The van der Waals surface area contributed by atoms with Gasteiger partial charge in [-0.15, -0.1) is 0 Å². The molecule has 3 rings (SSSR count). The van der Waals surface area contributed by atoms with Gasteiger partial charge in [-0.1, -0.05) is 23.5 Å². The summed E-state index contributed by atoms with van der Waals surface area (Å²) in [6.45, 7) is 2.08. The largest absolute Gasteiger partial charge is 0.497 e. The Labute approximate surface area is 115 Å². The highest BCUT2D eigenvalue weighted by Crippen LogP contribution is 2.30. The molecule has 0 aliphatic carbocycles. The smallest absolute Gasteiger partial charge is 0.188 e. The van der Waals surface area contributed by atoms with Gasteiger partial charge in [-0.25, -0.2) is 4.98 Å². The third-order valence-corrected chi connectivity index (χ3v) is 3.80. The van der Waals surface area contributed by atoms with Crippen molar-refractivity contribution in [2.24, 2.45) is 0 Å². The number of hydrogen-bond donors (Lipinski definition) is 1. The number of anilines is 2. The Morgan fingerprint density at radius 2 is 2.05 bits per heavy atom. The minimum absolute atomic E-state index is 0.859. The minimum Gasteiger partial charge on any atom is -0.497 e. The van der Waals surface area contributed by atoms with Crippen LogP contribution in [0, 0.1) is 6.92 Å². The molecule has 3 aromatic rings. The van der Waals surface area contributed by atoms with Gasteiger partial charge in [0.05, 0.1) is 17.3 Å². The molecule has 19 heavy (non-hydrogen) atoms. The third-order valence-electron chi connectivity index (χ3n) is 2.86. The maximum atomic E-state index is 5.22. The zero-order valence-electron chi connectivity index (χ0n) is 10.8. The molecule has 1 heterocycles. The van der Waals surface area contributed by atoms with Crippen LogP contribution in [0.1, 0.15) is 5.56 Å². The Morgan fingerprint density at radius 3 is 2.84 bits per heavy atom. The van der Waals surface area contributed by atoms with E-state index in [-0.39, 0.29) is 0 Å². The van der Waals surface area contributed by atoms with Crippen molar-refractivity contribution in [3.05, 3.63) is 48.0 Å².